The van der Waals surface area contributed by atoms with Gasteiger partial charge in [-0.05, 0) is 35.9 Å². The van der Waals surface area contributed by atoms with Gasteiger partial charge in [0.25, 0.3) is 0 Å². The van der Waals surface area contributed by atoms with Crippen molar-refractivity contribution < 1.29 is 13.9 Å². The molecule has 0 amide bonds. The molecule has 0 aromatic heterocycles. The highest BCUT2D eigenvalue weighted by Gasteiger charge is 2.10. The molecule has 2 N–H and O–H groups in total. The highest BCUT2D eigenvalue weighted by molar-refractivity contribution is 9.10. The first kappa shape index (κ1) is 14.3. The SMILES string of the molecule is N#Cc1ccc(Br)cc1NCc1cc(F)c(O)c(F)c1. The summed E-state index contributed by atoms with van der Waals surface area (Å²) in [4.78, 5) is 0. The molecule has 0 bridgehead atoms. The minimum absolute atomic E-state index is 0.124. The molecule has 0 saturated heterocycles. The molecule has 0 spiro atoms. The van der Waals surface area contributed by atoms with E-state index in [-0.39, 0.29) is 6.54 Å². The van der Waals surface area contributed by atoms with Gasteiger partial charge in [0, 0.05) is 11.0 Å². The smallest absolute Gasteiger partial charge is 0.187 e. The molecule has 0 aliphatic carbocycles. The van der Waals surface area contributed by atoms with Gasteiger partial charge in [-0.3, -0.25) is 0 Å². The lowest BCUT2D eigenvalue weighted by atomic mass is 10.1. The quantitative estimate of drug-likeness (QED) is 0.891. The third-order valence-electron chi connectivity index (χ3n) is 2.66. The average molecular weight is 339 g/mol. The number of benzene rings is 2. The second-order valence-electron chi connectivity index (χ2n) is 4.06. The molecule has 0 fully saturated rings. The van der Waals surface area contributed by atoms with Gasteiger partial charge in [0.1, 0.15) is 6.07 Å². The summed E-state index contributed by atoms with van der Waals surface area (Å²) in [6.45, 7) is 0.124. The van der Waals surface area contributed by atoms with Crippen molar-refractivity contribution in [2.45, 2.75) is 6.54 Å². The van der Waals surface area contributed by atoms with Crippen LogP contribution in [-0.2, 0) is 6.54 Å². The molecule has 0 atom stereocenters. The lowest BCUT2D eigenvalue weighted by Gasteiger charge is -2.09. The topological polar surface area (TPSA) is 56.0 Å². The lowest BCUT2D eigenvalue weighted by molar-refractivity contribution is 0.395. The molecule has 0 radical (unpaired) electrons. The standard InChI is InChI=1S/C14H9BrF2N2O/c15-10-2-1-9(6-18)13(5-10)19-7-8-3-11(16)14(20)12(17)4-8/h1-5,19-20H,7H2. The van der Waals surface area contributed by atoms with E-state index in [4.69, 9.17) is 10.4 Å². The minimum atomic E-state index is -1.02. The number of phenolic OH excluding ortho intramolecular Hbond substituents is 1. The predicted octanol–water partition coefficient (Wildman–Crippen LogP) is 3.92. The van der Waals surface area contributed by atoms with Crippen molar-refractivity contribution in [3.05, 3.63) is 57.6 Å². The fraction of sp³-hybridized carbons (Fsp3) is 0.0714. The van der Waals surface area contributed by atoms with Crippen LogP contribution in [0, 0.1) is 23.0 Å². The van der Waals surface area contributed by atoms with E-state index >= 15 is 0 Å². The van der Waals surface area contributed by atoms with E-state index < -0.39 is 17.4 Å². The van der Waals surface area contributed by atoms with E-state index in [0.29, 0.717) is 16.8 Å². The molecule has 0 unspecified atom stereocenters. The molecule has 3 nitrogen and oxygen atoms in total. The summed E-state index contributed by atoms with van der Waals surface area (Å²) in [5, 5.41) is 20.9. The Morgan fingerprint density at radius 2 is 1.85 bits per heavy atom. The van der Waals surface area contributed by atoms with Crippen LogP contribution in [0.25, 0.3) is 0 Å². The summed E-state index contributed by atoms with van der Waals surface area (Å²) >= 11 is 3.28. The zero-order valence-electron chi connectivity index (χ0n) is 10.1. The summed E-state index contributed by atoms with van der Waals surface area (Å²) in [5.41, 5.74) is 1.30. The number of phenols is 1. The number of nitrogens with zero attached hydrogens (tertiary/aromatic N) is 1. The van der Waals surface area contributed by atoms with E-state index in [1.54, 1.807) is 18.2 Å². The normalized spacial score (nSPS) is 10.1. The number of nitriles is 1. The van der Waals surface area contributed by atoms with E-state index in [9.17, 15) is 8.78 Å². The Morgan fingerprint density at radius 1 is 1.20 bits per heavy atom. The average Bonchev–Trinajstić information content (AvgIpc) is 2.42. The fourth-order valence-corrected chi connectivity index (χ4v) is 2.04. The Kier molecular flexibility index (Phi) is 4.20. The van der Waals surface area contributed by atoms with Crippen LogP contribution in [0.3, 0.4) is 0 Å². The second-order valence-corrected chi connectivity index (χ2v) is 4.98. The van der Waals surface area contributed by atoms with Crippen molar-refractivity contribution in [2.24, 2.45) is 0 Å². The van der Waals surface area contributed by atoms with Gasteiger partial charge in [-0.1, -0.05) is 15.9 Å². The van der Waals surface area contributed by atoms with Crippen LogP contribution >= 0.6 is 15.9 Å². The maximum Gasteiger partial charge on any atom is 0.187 e. The lowest BCUT2D eigenvalue weighted by Crippen LogP contribution is -2.02. The number of hydrogen-bond donors (Lipinski definition) is 2. The third-order valence-corrected chi connectivity index (χ3v) is 3.15. The van der Waals surface area contributed by atoms with Gasteiger partial charge in [-0.25, -0.2) is 8.78 Å². The number of halogens is 3. The van der Waals surface area contributed by atoms with Crippen molar-refractivity contribution in [1.82, 2.24) is 0 Å². The zero-order valence-corrected chi connectivity index (χ0v) is 11.7. The molecule has 102 valence electrons. The first-order chi connectivity index (χ1) is 9.51. The Balaban J connectivity index is 2.21. The van der Waals surface area contributed by atoms with Crippen molar-refractivity contribution >= 4 is 21.6 Å². The van der Waals surface area contributed by atoms with E-state index in [1.165, 1.54) is 0 Å². The highest BCUT2D eigenvalue weighted by Crippen LogP contribution is 2.24. The Hall–Kier alpha value is -2.13. The molecule has 0 aliphatic rings. The highest BCUT2D eigenvalue weighted by atomic mass is 79.9. The van der Waals surface area contributed by atoms with Gasteiger partial charge >= 0.3 is 0 Å². The van der Waals surface area contributed by atoms with E-state index in [2.05, 4.69) is 21.2 Å². The van der Waals surface area contributed by atoms with Crippen molar-refractivity contribution in [2.75, 3.05) is 5.32 Å². The first-order valence-corrected chi connectivity index (χ1v) is 6.41. The number of rotatable bonds is 3. The van der Waals surface area contributed by atoms with Crippen molar-refractivity contribution in [3.63, 3.8) is 0 Å². The van der Waals surface area contributed by atoms with Gasteiger partial charge < -0.3 is 10.4 Å². The molecule has 2 rings (SSSR count). The van der Waals surface area contributed by atoms with Crippen molar-refractivity contribution in [1.29, 1.82) is 5.26 Å². The number of nitrogens with one attached hydrogen (secondary N) is 1. The van der Waals surface area contributed by atoms with E-state index in [1.807, 2.05) is 6.07 Å². The molecule has 0 saturated carbocycles. The maximum atomic E-state index is 13.2. The van der Waals surface area contributed by atoms with Crippen LogP contribution < -0.4 is 5.32 Å². The van der Waals surface area contributed by atoms with Crippen LogP contribution in [-0.4, -0.2) is 5.11 Å². The Morgan fingerprint density at radius 3 is 2.45 bits per heavy atom. The van der Waals surface area contributed by atoms with Crippen LogP contribution in [0.4, 0.5) is 14.5 Å². The molecule has 2 aromatic carbocycles. The molecular formula is C14H9BrF2N2O. The van der Waals surface area contributed by atoms with Crippen molar-refractivity contribution in [3.8, 4) is 11.8 Å². The molecule has 0 heterocycles. The molecule has 2 aromatic rings. The summed E-state index contributed by atoms with van der Waals surface area (Å²) in [7, 11) is 0. The van der Waals surface area contributed by atoms with Crippen LogP contribution in [0.1, 0.15) is 11.1 Å². The van der Waals surface area contributed by atoms with Gasteiger partial charge in [0.2, 0.25) is 0 Å². The van der Waals surface area contributed by atoms with Gasteiger partial charge in [0.15, 0.2) is 17.4 Å². The molecule has 20 heavy (non-hydrogen) atoms. The summed E-state index contributed by atoms with van der Waals surface area (Å²) in [6, 6.07) is 9.15. The van der Waals surface area contributed by atoms with E-state index in [0.717, 1.165) is 16.6 Å². The number of aromatic hydroxyl groups is 1. The summed E-state index contributed by atoms with van der Waals surface area (Å²) in [6.07, 6.45) is 0. The minimum Gasteiger partial charge on any atom is -0.503 e. The fourth-order valence-electron chi connectivity index (χ4n) is 1.68. The second kappa shape index (κ2) is 5.88. The summed E-state index contributed by atoms with van der Waals surface area (Å²) < 4.78 is 27.2. The number of hydrogen-bond acceptors (Lipinski definition) is 3. The summed E-state index contributed by atoms with van der Waals surface area (Å²) in [5.74, 6) is -3.03. The maximum absolute atomic E-state index is 13.2. The Labute approximate surface area is 122 Å². The monoisotopic (exact) mass is 338 g/mol. The van der Waals surface area contributed by atoms with Crippen LogP contribution in [0.5, 0.6) is 5.75 Å². The first-order valence-electron chi connectivity index (χ1n) is 5.61. The van der Waals surface area contributed by atoms with Crippen LogP contribution in [0.15, 0.2) is 34.8 Å². The van der Waals surface area contributed by atoms with Gasteiger partial charge in [-0.2, -0.15) is 5.26 Å². The van der Waals surface area contributed by atoms with Crippen LogP contribution in [0.2, 0.25) is 0 Å². The molecular weight excluding hydrogens is 330 g/mol. The van der Waals surface area contributed by atoms with Gasteiger partial charge in [0.05, 0.1) is 11.3 Å². The molecule has 6 heteroatoms. The molecule has 0 aliphatic heterocycles. The Bertz CT molecular complexity index is 675. The number of anilines is 1. The van der Waals surface area contributed by atoms with Gasteiger partial charge in [-0.15, -0.1) is 0 Å². The third kappa shape index (κ3) is 3.06. The largest absolute Gasteiger partial charge is 0.503 e. The zero-order chi connectivity index (χ0) is 14.7. The predicted molar refractivity (Wildman–Crippen MR) is 74.2 cm³/mol.